The van der Waals surface area contributed by atoms with Crippen molar-refractivity contribution < 1.29 is 22.3 Å². The first-order valence-electron chi connectivity index (χ1n) is 12.6. The summed E-state index contributed by atoms with van der Waals surface area (Å²) in [6.45, 7) is 3.45. The normalized spacial score (nSPS) is 25.9. The third-order valence-electron chi connectivity index (χ3n) is 7.82. The largest absolute Gasteiger partial charge is 0.491 e. The van der Waals surface area contributed by atoms with Crippen LogP contribution in [0.5, 0.6) is 5.75 Å². The molecule has 0 bridgehead atoms. The Hall–Kier alpha value is -2.30. The molecule has 34 heavy (non-hydrogen) atoms. The summed E-state index contributed by atoms with van der Waals surface area (Å²) < 4.78 is 62.2. The van der Waals surface area contributed by atoms with Gasteiger partial charge >= 0.3 is 0 Å². The van der Waals surface area contributed by atoms with Crippen LogP contribution in [-0.2, 0) is 0 Å². The molecule has 0 N–H and O–H groups in total. The van der Waals surface area contributed by atoms with Crippen molar-refractivity contribution >= 4 is 0 Å². The number of halogens is 4. The van der Waals surface area contributed by atoms with Crippen molar-refractivity contribution in [1.82, 2.24) is 0 Å². The van der Waals surface area contributed by atoms with E-state index < -0.39 is 11.6 Å². The van der Waals surface area contributed by atoms with Crippen LogP contribution in [0.1, 0.15) is 76.7 Å². The van der Waals surface area contributed by atoms with E-state index in [2.05, 4.69) is 0 Å². The zero-order valence-electron chi connectivity index (χ0n) is 20.1. The quantitative estimate of drug-likeness (QED) is 0.379. The standard InChI is InChI=1S/C29H34F4O/c1-3-34-27-15-14-25(28(32)29(27)33)23-12-13-24(26(31)17-23)22-10-8-21(9-11-22)20-6-4-19(5-7-20)16-18(2)30/h12-17,19-22H,3-11H2,1-2H3. The minimum Gasteiger partial charge on any atom is -0.491 e. The molecule has 0 radical (unpaired) electrons. The smallest absolute Gasteiger partial charge is 0.201 e. The fraction of sp³-hybridized carbons (Fsp3) is 0.517. The van der Waals surface area contributed by atoms with E-state index in [1.54, 1.807) is 25.1 Å². The Morgan fingerprint density at radius 2 is 1.53 bits per heavy atom. The highest BCUT2D eigenvalue weighted by molar-refractivity contribution is 5.66. The van der Waals surface area contributed by atoms with Gasteiger partial charge in [-0.25, -0.2) is 13.2 Å². The average molecular weight is 475 g/mol. The maximum atomic E-state index is 15.1. The lowest BCUT2D eigenvalue weighted by Crippen LogP contribution is -2.25. The summed E-state index contributed by atoms with van der Waals surface area (Å²) in [6.07, 6.45) is 10.2. The van der Waals surface area contributed by atoms with Crippen LogP contribution >= 0.6 is 0 Å². The molecule has 2 aliphatic rings. The third kappa shape index (κ3) is 5.50. The van der Waals surface area contributed by atoms with Gasteiger partial charge in [0.1, 0.15) is 5.82 Å². The molecule has 1 nitrogen and oxygen atoms in total. The topological polar surface area (TPSA) is 9.23 Å². The van der Waals surface area contributed by atoms with Crippen LogP contribution in [0.25, 0.3) is 11.1 Å². The molecule has 0 heterocycles. The van der Waals surface area contributed by atoms with Crippen molar-refractivity contribution in [2.24, 2.45) is 17.8 Å². The summed E-state index contributed by atoms with van der Waals surface area (Å²) in [5, 5.41) is 0. The summed E-state index contributed by atoms with van der Waals surface area (Å²) in [5.41, 5.74) is 1.02. The lowest BCUT2D eigenvalue weighted by Gasteiger charge is -2.37. The van der Waals surface area contributed by atoms with Gasteiger partial charge in [-0.1, -0.05) is 18.2 Å². The lowest BCUT2D eigenvalue weighted by atomic mass is 9.68. The molecule has 2 aliphatic carbocycles. The van der Waals surface area contributed by atoms with E-state index in [0.717, 1.165) is 51.4 Å². The molecule has 0 saturated heterocycles. The van der Waals surface area contributed by atoms with Crippen molar-refractivity contribution in [2.45, 2.75) is 71.1 Å². The molecule has 2 fully saturated rings. The molecule has 5 heteroatoms. The SMILES string of the molecule is CCOc1ccc(-c2ccc(C3CCC(C4CCC(C=C(C)F)CC4)CC3)c(F)c2)c(F)c1F. The Morgan fingerprint density at radius 1 is 0.882 bits per heavy atom. The van der Waals surface area contributed by atoms with Crippen LogP contribution in [0.2, 0.25) is 0 Å². The second-order valence-electron chi connectivity index (χ2n) is 9.95. The number of hydrogen-bond donors (Lipinski definition) is 0. The van der Waals surface area contributed by atoms with Gasteiger partial charge in [0.25, 0.3) is 0 Å². The van der Waals surface area contributed by atoms with E-state index in [4.69, 9.17) is 4.74 Å². The van der Waals surface area contributed by atoms with E-state index >= 15 is 4.39 Å². The molecule has 0 aromatic heterocycles. The Labute approximate surface area is 200 Å². The number of allylic oxidation sites excluding steroid dienone is 2. The first-order chi connectivity index (χ1) is 16.4. The molecular weight excluding hydrogens is 440 g/mol. The first-order valence-corrected chi connectivity index (χ1v) is 12.6. The molecule has 2 aromatic rings. The monoisotopic (exact) mass is 474 g/mol. The fourth-order valence-corrected chi connectivity index (χ4v) is 6.06. The van der Waals surface area contributed by atoms with E-state index in [-0.39, 0.29) is 35.5 Å². The van der Waals surface area contributed by atoms with Gasteiger partial charge in [0, 0.05) is 5.56 Å². The Morgan fingerprint density at radius 3 is 2.12 bits per heavy atom. The third-order valence-corrected chi connectivity index (χ3v) is 7.82. The molecule has 0 amide bonds. The van der Waals surface area contributed by atoms with Crippen LogP contribution in [0.3, 0.4) is 0 Å². The van der Waals surface area contributed by atoms with Crippen LogP contribution in [0.15, 0.2) is 42.2 Å². The van der Waals surface area contributed by atoms with Gasteiger partial charge in [-0.3, -0.25) is 0 Å². The molecule has 2 aromatic carbocycles. The molecule has 2 saturated carbocycles. The van der Waals surface area contributed by atoms with Crippen LogP contribution in [0.4, 0.5) is 17.6 Å². The second-order valence-corrected chi connectivity index (χ2v) is 9.95. The van der Waals surface area contributed by atoms with Gasteiger partial charge in [0.2, 0.25) is 5.82 Å². The van der Waals surface area contributed by atoms with E-state index in [1.807, 2.05) is 0 Å². The predicted octanol–water partition coefficient (Wildman–Crippen LogP) is 9.12. The Balaban J connectivity index is 1.39. The van der Waals surface area contributed by atoms with E-state index in [1.165, 1.54) is 25.1 Å². The molecule has 0 unspecified atom stereocenters. The molecule has 184 valence electrons. The highest BCUT2D eigenvalue weighted by Gasteiger charge is 2.32. The van der Waals surface area contributed by atoms with Crippen LogP contribution in [0, 0.1) is 35.2 Å². The zero-order chi connectivity index (χ0) is 24.2. The molecule has 4 rings (SSSR count). The first kappa shape index (κ1) is 24.8. The van der Waals surface area contributed by atoms with Gasteiger partial charge in [-0.05, 0) is 118 Å². The molecule has 0 aliphatic heterocycles. The highest BCUT2D eigenvalue weighted by atomic mass is 19.2. The maximum Gasteiger partial charge on any atom is 0.201 e. The summed E-state index contributed by atoms with van der Waals surface area (Å²) in [7, 11) is 0. The number of ether oxygens (including phenoxy) is 1. The van der Waals surface area contributed by atoms with Gasteiger partial charge in [0.05, 0.1) is 12.4 Å². The fourth-order valence-electron chi connectivity index (χ4n) is 6.06. The summed E-state index contributed by atoms with van der Waals surface area (Å²) in [6, 6.07) is 7.56. The number of benzene rings is 2. The molecule has 0 atom stereocenters. The van der Waals surface area contributed by atoms with Gasteiger partial charge in [-0.2, -0.15) is 4.39 Å². The minimum absolute atomic E-state index is 0.0310. The second kappa shape index (κ2) is 11.0. The zero-order valence-corrected chi connectivity index (χ0v) is 20.1. The van der Waals surface area contributed by atoms with Crippen molar-refractivity contribution in [3.8, 4) is 16.9 Å². The number of rotatable bonds is 6. The van der Waals surface area contributed by atoms with Crippen LogP contribution < -0.4 is 4.74 Å². The van der Waals surface area contributed by atoms with Crippen molar-refractivity contribution in [3.05, 3.63) is 65.2 Å². The Bertz CT molecular complexity index is 1010. The minimum atomic E-state index is -1.05. The molecular formula is C29H34F4O. The average Bonchev–Trinajstić information content (AvgIpc) is 2.83. The van der Waals surface area contributed by atoms with Gasteiger partial charge in [-0.15, -0.1) is 0 Å². The predicted molar refractivity (Wildman–Crippen MR) is 128 cm³/mol. The van der Waals surface area contributed by atoms with Crippen molar-refractivity contribution in [2.75, 3.05) is 6.61 Å². The van der Waals surface area contributed by atoms with E-state index in [0.29, 0.717) is 28.9 Å². The highest BCUT2D eigenvalue weighted by Crippen LogP contribution is 2.45. The van der Waals surface area contributed by atoms with Crippen molar-refractivity contribution in [3.63, 3.8) is 0 Å². The van der Waals surface area contributed by atoms with Gasteiger partial charge < -0.3 is 4.74 Å². The van der Waals surface area contributed by atoms with Gasteiger partial charge in [0.15, 0.2) is 11.6 Å². The van der Waals surface area contributed by atoms with E-state index in [9.17, 15) is 13.2 Å². The number of hydrogen-bond acceptors (Lipinski definition) is 1. The van der Waals surface area contributed by atoms with Crippen molar-refractivity contribution in [1.29, 1.82) is 0 Å². The summed E-state index contributed by atoms with van der Waals surface area (Å²) in [4.78, 5) is 0. The van der Waals surface area contributed by atoms with Crippen LogP contribution in [-0.4, -0.2) is 6.61 Å². The summed E-state index contributed by atoms with van der Waals surface area (Å²) >= 11 is 0. The lowest BCUT2D eigenvalue weighted by molar-refractivity contribution is 0.170. The maximum absolute atomic E-state index is 15.1. The Kier molecular flexibility index (Phi) is 8.00. The summed E-state index contributed by atoms with van der Waals surface area (Å²) in [5.74, 6) is -0.765. The molecule has 0 spiro atoms.